The molecule has 3 fully saturated rings. The van der Waals surface area contributed by atoms with Crippen molar-refractivity contribution in [2.75, 3.05) is 45.8 Å². The van der Waals surface area contributed by atoms with E-state index >= 15 is 0 Å². The van der Waals surface area contributed by atoms with Crippen molar-refractivity contribution in [3.05, 3.63) is 35.9 Å². The third-order valence-electron chi connectivity index (χ3n) is 8.32. The lowest BCUT2D eigenvalue weighted by molar-refractivity contribution is -0.162. The number of nitrogens with zero attached hydrogens (tertiary/aromatic N) is 3. The summed E-state index contributed by atoms with van der Waals surface area (Å²) >= 11 is 0. The van der Waals surface area contributed by atoms with Crippen LogP contribution in [0, 0.1) is 5.92 Å². The van der Waals surface area contributed by atoms with E-state index in [1.807, 2.05) is 4.90 Å². The number of benzene rings is 1. The van der Waals surface area contributed by atoms with Crippen LogP contribution in [0.3, 0.4) is 0 Å². The molecule has 0 unspecified atom stereocenters. The van der Waals surface area contributed by atoms with Gasteiger partial charge in [-0.15, -0.1) is 0 Å². The summed E-state index contributed by atoms with van der Waals surface area (Å²) in [6.07, 6.45) is 9.49. The van der Waals surface area contributed by atoms with Crippen LogP contribution in [0.5, 0.6) is 0 Å². The first-order chi connectivity index (χ1) is 17.0. The quantitative estimate of drug-likeness (QED) is 0.517. The van der Waals surface area contributed by atoms with Crippen LogP contribution in [0.4, 0.5) is 0 Å². The number of likely N-dealkylation sites (tertiary alicyclic amines) is 2. The molecule has 6 nitrogen and oxygen atoms in total. The van der Waals surface area contributed by atoms with Crippen molar-refractivity contribution in [2.45, 2.75) is 83.2 Å². The summed E-state index contributed by atoms with van der Waals surface area (Å²) in [7, 11) is 0. The van der Waals surface area contributed by atoms with E-state index in [1.54, 1.807) is 0 Å². The average Bonchev–Trinajstić information content (AvgIpc) is 2.87. The number of amides is 2. The highest BCUT2D eigenvalue weighted by Gasteiger charge is 2.53. The molecule has 1 aromatic carbocycles. The van der Waals surface area contributed by atoms with E-state index in [4.69, 9.17) is 0 Å². The zero-order valence-electron chi connectivity index (χ0n) is 22.0. The molecule has 0 saturated carbocycles. The van der Waals surface area contributed by atoms with E-state index < -0.39 is 5.54 Å². The molecular formula is C29H46N4O2. The minimum absolute atomic E-state index is 0.0881. The van der Waals surface area contributed by atoms with Crippen LogP contribution < -0.4 is 5.32 Å². The molecule has 4 rings (SSSR count). The Balaban J connectivity index is 1.34. The van der Waals surface area contributed by atoms with Crippen LogP contribution in [-0.2, 0) is 16.0 Å². The SMILES string of the molecule is CC(C)C[C@@H]1NC(=O)C2(CCN(CCCCc3ccccc3)CC2)N(CCN2CCCCC2)C1=O. The Morgan fingerprint density at radius 1 is 0.886 bits per heavy atom. The van der Waals surface area contributed by atoms with Gasteiger partial charge in [-0.2, -0.15) is 0 Å². The smallest absolute Gasteiger partial charge is 0.246 e. The molecule has 35 heavy (non-hydrogen) atoms. The van der Waals surface area contributed by atoms with Crippen LogP contribution in [0.1, 0.15) is 70.8 Å². The van der Waals surface area contributed by atoms with Crippen molar-refractivity contribution < 1.29 is 9.59 Å². The molecule has 0 aliphatic carbocycles. The van der Waals surface area contributed by atoms with Gasteiger partial charge >= 0.3 is 0 Å². The Labute approximate surface area is 212 Å². The molecule has 2 amide bonds. The first-order valence-corrected chi connectivity index (χ1v) is 14.1. The lowest BCUT2D eigenvalue weighted by Crippen LogP contribution is -2.73. The van der Waals surface area contributed by atoms with Gasteiger partial charge in [0, 0.05) is 26.2 Å². The van der Waals surface area contributed by atoms with Crippen molar-refractivity contribution in [1.29, 1.82) is 0 Å². The van der Waals surface area contributed by atoms with E-state index in [0.717, 1.165) is 58.5 Å². The first-order valence-electron chi connectivity index (χ1n) is 14.1. The molecule has 3 saturated heterocycles. The minimum Gasteiger partial charge on any atom is -0.342 e. The first kappa shape index (κ1) is 26.2. The fourth-order valence-electron chi connectivity index (χ4n) is 6.21. The molecule has 0 radical (unpaired) electrons. The molecule has 1 atom stereocenters. The summed E-state index contributed by atoms with van der Waals surface area (Å²) < 4.78 is 0. The maximum Gasteiger partial charge on any atom is 0.246 e. The monoisotopic (exact) mass is 482 g/mol. The molecular weight excluding hydrogens is 436 g/mol. The lowest BCUT2D eigenvalue weighted by Gasteiger charge is -2.52. The summed E-state index contributed by atoms with van der Waals surface area (Å²) in [4.78, 5) is 34.2. The van der Waals surface area contributed by atoms with Gasteiger partial charge in [-0.1, -0.05) is 50.6 Å². The molecule has 1 N–H and O–H groups in total. The fraction of sp³-hybridized carbons (Fsp3) is 0.724. The maximum atomic E-state index is 13.7. The Hall–Kier alpha value is -1.92. The molecule has 3 heterocycles. The van der Waals surface area contributed by atoms with E-state index in [1.165, 1.54) is 37.7 Å². The van der Waals surface area contributed by atoms with Gasteiger partial charge in [0.2, 0.25) is 11.8 Å². The molecule has 3 aliphatic rings. The van der Waals surface area contributed by atoms with Gasteiger partial charge < -0.3 is 20.0 Å². The normalized spacial score (nSPS) is 23.7. The van der Waals surface area contributed by atoms with Crippen LogP contribution in [0.2, 0.25) is 0 Å². The Morgan fingerprint density at radius 2 is 1.57 bits per heavy atom. The summed E-state index contributed by atoms with van der Waals surface area (Å²) in [5.41, 5.74) is 0.740. The van der Waals surface area contributed by atoms with Gasteiger partial charge in [-0.3, -0.25) is 9.59 Å². The molecule has 6 heteroatoms. The number of hydrogen-bond donors (Lipinski definition) is 1. The van der Waals surface area contributed by atoms with Crippen molar-refractivity contribution in [2.24, 2.45) is 5.92 Å². The van der Waals surface area contributed by atoms with Crippen molar-refractivity contribution in [1.82, 2.24) is 20.0 Å². The Morgan fingerprint density at radius 3 is 2.26 bits per heavy atom. The number of piperidine rings is 2. The summed E-state index contributed by atoms with van der Waals surface area (Å²) in [5.74, 6) is 0.608. The van der Waals surface area contributed by atoms with Gasteiger partial charge in [-0.05, 0) is 82.5 Å². The standard InChI is InChI=1S/C29H46N4O2/c1-24(2)23-26-27(34)33(22-21-31-16-8-4-9-17-31)29(28(35)30-26)14-19-32(20-15-29)18-10-7-13-25-11-5-3-6-12-25/h3,5-6,11-12,24,26H,4,7-10,13-23H2,1-2H3,(H,30,35)/t26-/m0/s1. The number of hydrogen-bond acceptors (Lipinski definition) is 4. The van der Waals surface area contributed by atoms with Crippen LogP contribution in [0.15, 0.2) is 30.3 Å². The van der Waals surface area contributed by atoms with Gasteiger partial charge in [0.25, 0.3) is 0 Å². The zero-order valence-corrected chi connectivity index (χ0v) is 22.0. The number of piperazine rings is 1. The zero-order chi connectivity index (χ0) is 24.7. The summed E-state index contributed by atoms with van der Waals surface area (Å²) in [5, 5.41) is 3.15. The largest absolute Gasteiger partial charge is 0.342 e. The number of aryl methyl sites for hydroxylation is 1. The van der Waals surface area contributed by atoms with Gasteiger partial charge in [-0.25, -0.2) is 0 Å². The van der Waals surface area contributed by atoms with E-state index in [-0.39, 0.29) is 17.9 Å². The maximum absolute atomic E-state index is 13.7. The van der Waals surface area contributed by atoms with Gasteiger partial charge in [0.05, 0.1) is 0 Å². The average molecular weight is 483 g/mol. The second-order valence-electron chi connectivity index (χ2n) is 11.4. The van der Waals surface area contributed by atoms with E-state index in [2.05, 4.69) is 59.3 Å². The number of rotatable bonds is 10. The number of carbonyl (C=O) groups is 2. The van der Waals surface area contributed by atoms with Crippen molar-refractivity contribution >= 4 is 11.8 Å². The summed E-state index contributed by atoms with van der Waals surface area (Å²) in [6, 6.07) is 10.3. The molecule has 194 valence electrons. The Kier molecular flexibility index (Phi) is 9.23. The van der Waals surface area contributed by atoms with E-state index in [0.29, 0.717) is 18.9 Å². The fourth-order valence-corrected chi connectivity index (χ4v) is 6.21. The number of carbonyl (C=O) groups excluding carboxylic acids is 2. The van der Waals surface area contributed by atoms with Crippen LogP contribution in [-0.4, -0.2) is 83.9 Å². The van der Waals surface area contributed by atoms with Crippen LogP contribution in [0.25, 0.3) is 0 Å². The third-order valence-corrected chi connectivity index (χ3v) is 8.32. The highest BCUT2D eigenvalue weighted by Crippen LogP contribution is 2.34. The summed E-state index contributed by atoms with van der Waals surface area (Å²) in [6.45, 7) is 10.9. The topological polar surface area (TPSA) is 55.9 Å². The number of unbranched alkanes of at least 4 members (excludes halogenated alkanes) is 1. The highest BCUT2D eigenvalue weighted by molar-refractivity contribution is 6.00. The minimum atomic E-state index is -0.666. The van der Waals surface area contributed by atoms with Gasteiger partial charge in [0.15, 0.2) is 0 Å². The third kappa shape index (κ3) is 6.65. The second-order valence-corrected chi connectivity index (χ2v) is 11.4. The molecule has 1 spiro atoms. The second kappa shape index (κ2) is 12.4. The Bertz CT molecular complexity index is 813. The predicted octanol–water partition coefficient (Wildman–Crippen LogP) is 3.70. The van der Waals surface area contributed by atoms with Crippen LogP contribution >= 0.6 is 0 Å². The molecule has 0 aromatic heterocycles. The van der Waals surface area contributed by atoms with E-state index in [9.17, 15) is 9.59 Å². The molecule has 3 aliphatic heterocycles. The number of nitrogens with one attached hydrogen (secondary N) is 1. The lowest BCUT2D eigenvalue weighted by atomic mass is 9.81. The highest BCUT2D eigenvalue weighted by atomic mass is 16.2. The predicted molar refractivity (Wildman–Crippen MR) is 141 cm³/mol. The molecule has 1 aromatic rings. The van der Waals surface area contributed by atoms with Crippen molar-refractivity contribution in [3.8, 4) is 0 Å². The molecule has 0 bridgehead atoms. The van der Waals surface area contributed by atoms with Crippen molar-refractivity contribution in [3.63, 3.8) is 0 Å². The van der Waals surface area contributed by atoms with Gasteiger partial charge in [0.1, 0.15) is 11.6 Å².